The highest BCUT2D eigenvalue weighted by Crippen LogP contribution is 2.15. The zero-order chi connectivity index (χ0) is 12.4. The maximum absolute atomic E-state index is 10.9. The Bertz CT molecular complexity index is 213. The van der Waals surface area contributed by atoms with Gasteiger partial charge < -0.3 is 9.47 Å². The maximum atomic E-state index is 10.9. The maximum Gasteiger partial charge on any atom is 0.305 e. The van der Waals surface area contributed by atoms with Gasteiger partial charge in [-0.15, -0.1) is 0 Å². The number of esters is 2. The summed E-state index contributed by atoms with van der Waals surface area (Å²) < 4.78 is 9.12. The summed E-state index contributed by atoms with van der Waals surface area (Å²) in [6.45, 7) is 2.11. The molecular weight excluding hydrogens is 208 g/mol. The average Bonchev–Trinajstić information content (AvgIpc) is 2.31. The molecule has 0 saturated carbocycles. The third-order valence-electron chi connectivity index (χ3n) is 2.62. The van der Waals surface area contributed by atoms with Crippen molar-refractivity contribution in [3.05, 3.63) is 0 Å². The van der Waals surface area contributed by atoms with Gasteiger partial charge in [0.15, 0.2) is 0 Å². The molecule has 94 valence electrons. The number of unbranched alkanes of at least 4 members (excludes halogenated alkanes) is 1. The first-order valence-corrected chi connectivity index (χ1v) is 5.73. The Balaban J connectivity index is 3.40. The normalized spacial score (nSPS) is 11.9. The lowest BCUT2D eigenvalue weighted by molar-refractivity contribution is -0.141. The van der Waals surface area contributed by atoms with E-state index < -0.39 is 0 Å². The van der Waals surface area contributed by atoms with E-state index in [4.69, 9.17) is 0 Å². The topological polar surface area (TPSA) is 52.6 Å². The molecule has 4 heteroatoms. The second kappa shape index (κ2) is 9.19. The SMILES string of the molecule is COC(=O)CCCCC(C)CCC(=O)OC. The average molecular weight is 230 g/mol. The molecule has 0 radical (unpaired) electrons. The first-order valence-electron chi connectivity index (χ1n) is 5.73. The largest absolute Gasteiger partial charge is 0.469 e. The Hall–Kier alpha value is -1.06. The molecule has 0 rings (SSSR count). The van der Waals surface area contributed by atoms with Crippen molar-refractivity contribution in [3.8, 4) is 0 Å². The lowest BCUT2D eigenvalue weighted by Gasteiger charge is -2.09. The van der Waals surface area contributed by atoms with E-state index in [0.29, 0.717) is 18.8 Å². The molecule has 0 bridgehead atoms. The number of rotatable bonds is 8. The Morgan fingerprint density at radius 3 is 2.06 bits per heavy atom. The summed E-state index contributed by atoms with van der Waals surface area (Å²) in [6, 6.07) is 0. The van der Waals surface area contributed by atoms with Gasteiger partial charge in [-0.05, 0) is 18.8 Å². The fourth-order valence-corrected chi connectivity index (χ4v) is 1.47. The third-order valence-corrected chi connectivity index (χ3v) is 2.62. The van der Waals surface area contributed by atoms with Gasteiger partial charge in [0.2, 0.25) is 0 Å². The summed E-state index contributed by atoms with van der Waals surface area (Å²) in [5.74, 6) is 0.195. The molecule has 0 heterocycles. The second-order valence-corrected chi connectivity index (χ2v) is 4.04. The summed E-state index contributed by atoms with van der Waals surface area (Å²) in [5, 5.41) is 0. The molecule has 0 aromatic heterocycles. The minimum Gasteiger partial charge on any atom is -0.469 e. The van der Waals surface area contributed by atoms with Crippen LogP contribution in [-0.2, 0) is 19.1 Å². The van der Waals surface area contributed by atoms with Gasteiger partial charge >= 0.3 is 11.9 Å². The second-order valence-electron chi connectivity index (χ2n) is 4.04. The van der Waals surface area contributed by atoms with Gasteiger partial charge in [-0.1, -0.05) is 19.8 Å². The van der Waals surface area contributed by atoms with Crippen LogP contribution in [0.25, 0.3) is 0 Å². The molecule has 0 spiro atoms. The fraction of sp³-hybridized carbons (Fsp3) is 0.833. The molecule has 0 fully saturated rings. The highest BCUT2D eigenvalue weighted by molar-refractivity contribution is 5.69. The van der Waals surface area contributed by atoms with Gasteiger partial charge in [0.25, 0.3) is 0 Å². The molecule has 0 aliphatic carbocycles. The minimum atomic E-state index is -0.151. The highest BCUT2D eigenvalue weighted by atomic mass is 16.5. The highest BCUT2D eigenvalue weighted by Gasteiger charge is 2.07. The van der Waals surface area contributed by atoms with Crippen molar-refractivity contribution in [2.45, 2.75) is 45.4 Å². The number of carbonyl (C=O) groups excluding carboxylic acids is 2. The van der Waals surface area contributed by atoms with E-state index in [0.717, 1.165) is 25.7 Å². The molecule has 0 aromatic rings. The van der Waals surface area contributed by atoms with Crippen LogP contribution in [0.5, 0.6) is 0 Å². The van der Waals surface area contributed by atoms with Crippen molar-refractivity contribution in [2.75, 3.05) is 14.2 Å². The fourth-order valence-electron chi connectivity index (χ4n) is 1.47. The van der Waals surface area contributed by atoms with Gasteiger partial charge in [0, 0.05) is 12.8 Å². The first-order chi connectivity index (χ1) is 7.60. The van der Waals surface area contributed by atoms with E-state index in [1.54, 1.807) is 0 Å². The molecular formula is C12H22O4. The van der Waals surface area contributed by atoms with Crippen LogP contribution in [0.15, 0.2) is 0 Å². The summed E-state index contributed by atoms with van der Waals surface area (Å²) >= 11 is 0. The van der Waals surface area contributed by atoms with Crippen LogP contribution >= 0.6 is 0 Å². The molecule has 0 saturated heterocycles. The van der Waals surface area contributed by atoms with Gasteiger partial charge in [-0.3, -0.25) is 9.59 Å². The quantitative estimate of drug-likeness (QED) is 0.474. The molecule has 16 heavy (non-hydrogen) atoms. The molecule has 0 aromatic carbocycles. The van der Waals surface area contributed by atoms with Gasteiger partial charge in [0.1, 0.15) is 0 Å². The number of methoxy groups -OCH3 is 2. The van der Waals surface area contributed by atoms with Crippen molar-refractivity contribution < 1.29 is 19.1 Å². The minimum absolute atomic E-state index is 0.151. The zero-order valence-corrected chi connectivity index (χ0v) is 10.5. The third kappa shape index (κ3) is 8.26. The predicted molar refractivity (Wildman–Crippen MR) is 60.9 cm³/mol. The van der Waals surface area contributed by atoms with Crippen LogP contribution in [0.2, 0.25) is 0 Å². The Morgan fingerprint density at radius 2 is 1.50 bits per heavy atom. The van der Waals surface area contributed by atoms with Gasteiger partial charge in [-0.25, -0.2) is 0 Å². The molecule has 0 aliphatic heterocycles. The van der Waals surface area contributed by atoms with Gasteiger partial charge in [0.05, 0.1) is 14.2 Å². The van der Waals surface area contributed by atoms with E-state index in [-0.39, 0.29) is 11.9 Å². The molecule has 1 atom stereocenters. The predicted octanol–water partition coefficient (Wildman–Crippen LogP) is 2.31. The zero-order valence-electron chi connectivity index (χ0n) is 10.5. The van der Waals surface area contributed by atoms with Crippen LogP contribution in [0, 0.1) is 5.92 Å². The Labute approximate surface area is 97.3 Å². The number of ether oxygens (including phenoxy) is 2. The van der Waals surface area contributed by atoms with Crippen molar-refractivity contribution >= 4 is 11.9 Å². The first kappa shape index (κ1) is 14.9. The van der Waals surface area contributed by atoms with Crippen LogP contribution in [0.3, 0.4) is 0 Å². The molecule has 0 aliphatic rings. The summed E-state index contributed by atoms with van der Waals surface area (Å²) in [5.41, 5.74) is 0. The lowest BCUT2D eigenvalue weighted by atomic mass is 9.98. The molecule has 0 amide bonds. The number of hydrogen-bond donors (Lipinski definition) is 0. The van der Waals surface area contributed by atoms with Crippen molar-refractivity contribution in [1.29, 1.82) is 0 Å². The van der Waals surface area contributed by atoms with E-state index in [9.17, 15) is 9.59 Å². The van der Waals surface area contributed by atoms with E-state index >= 15 is 0 Å². The summed E-state index contributed by atoms with van der Waals surface area (Å²) in [4.78, 5) is 21.7. The summed E-state index contributed by atoms with van der Waals surface area (Å²) in [6.07, 6.45) is 4.71. The lowest BCUT2D eigenvalue weighted by Crippen LogP contribution is -2.04. The molecule has 1 unspecified atom stereocenters. The van der Waals surface area contributed by atoms with Crippen LogP contribution in [0.4, 0.5) is 0 Å². The van der Waals surface area contributed by atoms with E-state index in [1.807, 2.05) is 0 Å². The van der Waals surface area contributed by atoms with Crippen molar-refractivity contribution in [2.24, 2.45) is 5.92 Å². The molecule has 0 N–H and O–H groups in total. The van der Waals surface area contributed by atoms with Crippen LogP contribution in [-0.4, -0.2) is 26.2 Å². The number of carbonyl (C=O) groups is 2. The van der Waals surface area contributed by atoms with Crippen LogP contribution in [0.1, 0.15) is 45.4 Å². The Morgan fingerprint density at radius 1 is 0.938 bits per heavy atom. The standard InChI is InChI=1S/C12H22O4/c1-10(8-9-12(14)16-3)6-4-5-7-11(13)15-2/h10H,4-9H2,1-3H3. The van der Waals surface area contributed by atoms with E-state index in [2.05, 4.69) is 16.4 Å². The van der Waals surface area contributed by atoms with Crippen molar-refractivity contribution in [1.82, 2.24) is 0 Å². The van der Waals surface area contributed by atoms with Gasteiger partial charge in [-0.2, -0.15) is 0 Å². The van der Waals surface area contributed by atoms with Crippen molar-refractivity contribution in [3.63, 3.8) is 0 Å². The number of hydrogen-bond acceptors (Lipinski definition) is 4. The molecule has 4 nitrogen and oxygen atoms in total. The van der Waals surface area contributed by atoms with E-state index in [1.165, 1.54) is 14.2 Å². The van der Waals surface area contributed by atoms with Crippen LogP contribution < -0.4 is 0 Å². The monoisotopic (exact) mass is 230 g/mol. The summed E-state index contributed by atoms with van der Waals surface area (Å²) in [7, 11) is 2.81. The smallest absolute Gasteiger partial charge is 0.305 e. The Kier molecular flexibility index (Phi) is 8.58.